The van der Waals surface area contributed by atoms with Crippen molar-refractivity contribution < 1.29 is 23.5 Å². The molecule has 3 aromatic rings. The highest BCUT2D eigenvalue weighted by Crippen LogP contribution is 2.40. The second-order valence-corrected chi connectivity index (χ2v) is 9.34. The molecule has 5 rings (SSSR count). The molecule has 0 radical (unpaired) electrons. The Hall–Kier alpha value is -4.14. The van der Waals surface area contributed by atoms with Crippen LogP contribution in [0.4, 0.5) is 14.9 Å². The number of methoxy groups -OCH3 is 1. The van der Waals surface area contributed by atoms with Crippen LogP contribution < -0.4 is 20.1 Å². The monoisotopic (exact) mass is 504 g/mol. The molecule has 2 aliphatic rings. The minimum absolute atomic E-state index is 0.0548. The Kier molecular flexibility index (Phi) is 6.94. The summed E-state index contributed by atoms with van der Waals surface area (Å²) in [5.41, 5.74) is 1.79. The van der Waals surface area contributed by atoms with Gasteiger partial charge in [-0.2, -0.15) is 0 Å². The van der Waals surface area contributed by atoms with Crippen LogP contribution in [-0.4, -0.2) is 48.1 Å². The van der Waals surface area contributed by atoms with Crippen LogP contribution in [0.15, 0.2) is 55.3 Å². The number of hydrogen-bond acceptors (Lipinski definition) is 5. The van der Waals surface area contributed by atoms with E-state index in [-0.39, 0.29) is 23.6 Å². The van der Waals surface area contributed by atoms with E-state index in [9.17, 15) is 14.0 Å². The number of nitrogens with one attached hydrogen (secondary N) is 2. The highest BCUT2D eigenvalue weighted by atomic mass is 19.1. The van der Waals surface area contributed by atoms with Crippen molar-refractivity contribution in [2.75, 3.05) is 25.5 Å². The summed E-state index contributed by atoms with van der Waals surface area (Å²) in [5, 5.41) is 6.08. The molecule has 0 unspecified atom stereocenters. The number of pyridine rings is 1. The number of ether oxygens (including phenoxy) is 2. The van der Waals surface area contributed by atoms with Gasteiger partial charge in [0.25, 0.3) is 0 Å². The number of carbonyl (C=O) groups excluding carboxylic acids is 2. The van der Waals surface area contributed by atoms with E-state index >= 15 is 0 Å². The lowest BCUT2D eigenvalue weighted by atomic mass is 9.87. The van der Waals surface area contributed by atoms with Crippen LogP contribution in [0, 0.1) is 5.82 Å². The average Bonchev–Trinajstić information content (AvgIpc) is 3.73. The van der Waals surface area contributed by atoms with Gasteiger partial charge in [0, 0.05) is 42.8 Å². The van der Waals surface area contributed by atoms with Crippen molar-refractivity contribution in [1.82, 2.24) is 15.2 Å². The van der Waals surface area contributed by atoms with E-state index in [0.29, 0.717) is 30.1 Å². The molecule has 0 atom stereocenters. The van der Waals surface area contributed by atoms with Crippen LogP contribution in [0.3, 0.4) is 0 Å². The van der Waals surface area contributed by atoms with Gasteiger partial charge >= 0.3 is 6.03 Å². The first kappa shape index (κ1) is 24.5. The Morgan fingerprint density at radius 2 is 1.89 bits per heavy atom. The zero-order valence-electron chi connectivity index (χ0n) is 20.6. The third-order valence-electron chi connectivity index (χ3n) is 6.80. The van der Waals surface area contributed by atoms with Crippen molar-refractivity contribution in [1.29, 1.82) is 0 Å². The molecule has 8 nitrogen and oxygen atoms in total. The number of fused-ring (bicyclic) bond motifs is 1. The average molecular weight is 505 g/mol. The van der Waals surface area contributed by atoms with Crippen molar-refractivity contribution in [2.45, 2.75) is 37.6 Å². The van der Waals surface area contributed by atoms with Crippen molar-refractivity contribution in [2.24, 2.45) is 0 Å². The molecule has 2 N–H and O–H groups in total. The van der Waals surface area contributed by atoms with E-state index < -0.39 is 11.8 Å². The molecule has 9 heteroatoms. The minimum Gasteiger partial charge on any atom is -0.496 e. The molecule has 0 spiro atoms. The maximum Gasteiger partial charge on any atom is 0.319 e. The van der Waals surface area contributed by atoms with Crippen LogP contribution in [0.25, 0.3) is 10.9 Å². The second-order valence-electron chi connectivity index (χ2n) is 9.34. The van der Waals surface area contributed by atoms with Gasteiger partial charge in [0.15, 0.2) is 0 Å². The predicted molar refractivity (Wildman–Crippen MR) is 139 cm³/mol. The fourth-order valence-electron chi connectivity index (χ4n) is 4.65. The number of anilines is 1. The molecular formula is C28H29FN4O4. The van der Waals surface area contributed by atoms with Gasteiger partial charge in [-0.15, -0.1) is 0 Å². The number of aromatic nitrogens is 1. The summed E-state index contributed by atoms with van der Waals surface area (Å²) in [6.07, 6.45) is 6.47. The van der Waals surface area contributed by atoms with Crippen LogP contribution in [0.5, 0.6) is 17.2 Å². The molecule has 37 heavy (non-hydrogen) atoms. The van der Waals surface area contributed by atoms with Crippen LogP contribution >= 0.6 is 0 Å². The number of amides is 3. The molecule has 0 bridgehead atoms. The maximum atomic E-state index is 14.7. The fraction of sp³-hybridized carbons (Fsp3) is 0.321. The highest BCUT2D eigenvalue weighted by molar-refractivity contribution is 5.90. The first-order valence-electron chi connectivity index (χ1n) is 12.4. The maximum absolute atomic E-state index is 14.7. The SMILES string of the molecule is C=CC(=O)N1CCC(c2cc3c(Oc4ccc(NC(=O)NC5CC5)c(F)c4)ccnc3cc2OC)CC1. The van der Waals surface area contributed by atoms with Crippen molar-refractivity contribution in [3.63, 3.8) is 0 Å². The molecule has 1 saturated heterocycles. The zero-order chi connectivity index (χ0) is 25.9. The summed E-state index contributed by atoms with van der Waals surface area (Å²) in [7, 11) is 1.63. The Morgan fingerprint density at radius 1 is 1.11 bits per heavy atom. The van der Waals surface area contributed by atoms with Gasteiger partial charge < -0.3 is 25.0 Å². The molecule has 2 aromatic carbocycles. The molecule has 1 aliphatic heterocycles. The summed E-state index contributed by atoms with van der Waals surface area (Å²) in [6, 6.07) is 9.72. The molecule has 1 saturated carbocycles. The van der Waals surface area contributed by atoms with Gasteiger partial charge in [-0.1, -0.05) is 6.58 Å². The number of benzene rings is 2. The molecular weight excluding hydrogens is 475 g/mol. The number of rotatable bonds is 7. The van der Waals surface area contributed by atoms with Crippen LogP contribution in [-0.2, 0) is 4.79 Å². The van der Waals surface area contributed by atoms with Gasteiger partial charge in [0.05, 0.1) is 18.3 Å². The van der Waals surface area contributed by atoms with E-state index in [0.717, 1.165) is 42.4 Å². The number of halogens is 1. The summed E-state index contributed by atoms with van der Waals surface area (Å²) in [5.74, 6) is 1.11. The van der Waals surface area contributed by atoms with Crippen molar-refractivity contribution in [3.05, 3.63) is 66.6 Å². The first-order chi connectivity index (χ1) is 17.9. The number of likely N-dealkylation sites (tertiary alicyclic amines) is 1. The molecule has 192 valence electrons. The zero-order valence-corrected chi connectivity index (χ0v) is 20.6. The molecule has 2 fully saturated rings. The largest absolute Gasteiger partial charge is 0.496 e. The third-order valence-corrected chi connectivity index (χ3v) is 6.80. The number of hydrogen-bond donors (Lipinski definition) is 2. The van der Waals surface area contributed by atoms with E-state index in [4.69, 9.17) is 9.47 Å². The van der Waals surface area contributed by atoms with Crippen LogP contribution in [0.1, 0.15) is 37.2 Å². The molecule has 1 aromatic heterocycles. The minimum atomic E-state index is -0.593. The lowest BCUT2D eigenvalue weighted by Crippen LogP contribution is -2.36. The van der Waals surface area contributed by atoms with Gasteiger partial charge in [-0.05, 0) is 67.5 Å². The standard InChI is InChI=1S/C28H29FN4O4/c1-3-27(34)33-12-9-17(10-13-33)20-15-21-24(16-26(20)36-2)30-11-8-25(21)37-19-6-7-23(22(29)14-19)32-28(35)31-18-4-5-18/h3,6-8,11,14-18H,1,4-5,9-10,12-13H2,2H3,(H2,31,32,35). The molecule has 2 heterocycles. The number of nitrogens with zero attached hydrogens (tertiary/aromatic N) is 2. The van der Waals surface area contributed by atoms with Gasteiger partial charge in [-0.3, -0.25) is 9.78 Å². The van der Waals surface area contributed by atoms with Crippen molar-refractivity contribution in [3.8, 4) is 17.2 Å². The van der Waals surface area contributed by atoms with Gasteiger partial charge in [-0.25, -0.2) is 9.18 Å². The number of carbonyl (C=O) groups is 2. The van der Waals surface area contributed by atoms with E-state index in [1.807, 2.05) is 12.1 Å². The lowest BCUT2D eigenvalue weighted by Gasteiger charge is -2.32. The summed E-state index contributed by atoms with van der Waals surface area (Å²) in [6.45, 7) is 4.87. The molecule has 1 aliphatic carbocycles. The van der Waals surface area contributed by atoms with Crippen LogP contribution in [0.2, 0.25) is 0 Å². The van der Waals surface area contributed by atoms with E-state index in [2.05, 4.69) is 22.2 Å². The van der Waals surface area contributed by atoms with Gasteiger partial charge in [0.2, 0.25) is 5.91 Å². The quantitative estimate of drug-likeness (QED) is 0.423. The number of piperidine rings is 1. The summed E-state index contributed by atoms with van der Waals surface area (Å²) < 4.78 is 26.5. The Labute approximate surface area is 214 Å². The van der Waals surface area contributed by atoms with Crippen molar-refractivity contribution >= 4 is 28.5 Å². The van der Waals surface area contributed by atoms with E-state index in [1.54, 1.807) is 30.3 Å². The lowest BCUT2D eigenvalue weighted by molar-refractivity contribution is -0.127. The molecule has 3 amide bonds. The predicted octanol–water partition coefficient (Wildman–Crippen LogP) is 5.35. The Balaban J connectivity index is 1.38. The Morgan fingerprint density at radius 3 is 2.57 bits per heavy atom. The first-order valence-corrected chi connectivity index (χ1v) is 12.4. The number of urea groups is 1. The van der Waals surface area contributed by atoms with E-state index in [1.165, 1.54) is 18.2 Å². The normalized spacial score (nSPS) is 15.8. The third kappa shape index (κ3) is 5.50. The highest BCUT2D eigenvalue weighted by Gasteiger charge is 2.26. The second kappa shape index (κ2) is 10.5. The summed E-state index contributed by atoms with van der Waals surface area (Å²) in [4.78, 5) is 30.2. The smallest absolute Gasteiger partial charge is 0.319 e. The Bertz CT molecular complexity index is 1350. The topological polar surface area (TPSA) is 92.8 Å². The fourth-order valence-corrected chi connectivity index (χ4v) is 4.65. The summed E-state index contributed by atoms with van der Waals surface area (Å²) >= 11 is 0. The van der Waals surface area contributed by atoms with Gasteiger partial charge in [0.1, 0.15) is 23.1 Å².